The molecule has 0 unspecified atom stereocenters. The summed E-state index contributed by atoms with van der Waals surface area (Å²) in [6, 6.07) is 2.30. The van der Waals surface area contributed by atoms with Crippen LogP contribution in [-0.2, 0) is 7.05 Å². The van der Waals surface area contributed by atoms with Crippen LogP contribution in [0, 0.1) is 11.6 Å². The lowest BCUT2D eigenvalue weighted by Gasteiger charge is -2.04. The Morgan fingerprint density at radius 1 is 1.38 bits per heavy atom. The number of hydrogen-bond acceptors (Lipinski definition) is 4. The van der Waals surface area contributed by atoms with E-state index in [0.717, 1.165) is 0 Å². The highest BCUT2D eigenvalue weighted by Crippen LogP contribution is 2.19. The molecule has 0 aromatic carbocycles. The molecule has 2 aromatic heterocycles. The molecule has 16 heavy (non-hydrogen) atoms. The molecule has 0 saturated carbocycles. The van der Waals surface area contributed by atoms with Gasteiger partial charge in [0.25, 0.3) is 0 Å². The van der Waals surface area contributed by atoms with E-state index in [0.29, 0.717) is 11.9 Å². The number of halogens is 2. The number of nitrogens with two attached hydrogens (primary N) is 1. The molecule has 0 fully saturated rings. The van der Waals surface area contributed by atoms with Crippen LogP contribution in [-0.4, -0.2) is 14.8 Å². The normalized spacial score (nSPS) is 10.4. The van der Waals surface area contributed by atoms with Crippen molar-refractivity contribution in [3.05, 3.63) is 30.0 Å². The van der Waals surface area contributed by atoms with Gasteiger partial charge in [-0.25, -0.2) is 13.8 Å². The van der Waals surface area contributed by atoms with Gasteiger partial charge in [0.15, 0.2) is 29.1 Å². The van der Waals surface area contributed by atoms with Gasteiger partial charge in [0.2, 0.25) is 0 Å². The van der Waals surface area contributed by atoms with E-state index < -0.39 is 11.6 Å². The van der Waals surface area contributed by atoms with Gasteiger partial charge in [-0.15, -0.1) is 0 Å². The average molecular weight is 225 g/mol. The number of hydrogen-bond donors (Lipinski definition) is 2. The first-order chi connectivity index (χ1) is 7.56. The molecular weight excluding hydrogens is 216 g/mol. The van der Waals surface area contributed by atoms with Crippen molar-refractivity contribution in [2.75, 3.05) is 11.1 Å². The highest BCUT2D eigenvalue weighted by molar-refractivity contribution is 5.54. The Kier molecular flexibility index (Phi) is 2.43. The third kappa shape index (κ3) is 1.92. The fourth-order valence-corrected chi connectivity index (χ4v) is 1.17. The lowest BCUT2D eigenvalue weighted by Crippen LogP contribution is -2.03. The predicted molar refractivity (Wildman–Crippen MR) is 55.1 cm³/mol. The van der Waals surface area contributed by atoms with Crippen LogP contribution in [0.25, 0.3) is 0 Å². The summed E-state index contributed by atoms with van der Waals surface area (Å²) in [7, 11) is 1.72. The van der Waals surface area contributed by atoms with Crippen LogP contribution in [0.5, 0.6) is 0 Å². The van der Waals surface area contributed by atoms with Gasteiger partial charge in [-0.2, -0.15) is 5.10 Å². The number of pyridine rings is 1. The summed E-state index contributed by atoms with van der Waals surface area (Å²) in [5.74, 6) is -1.82. The third-order valence-electron chi connectivity index (χ3n) is 1.92. The fourth-order valence-electron chi connectivity index (χ4n) is 1.17. The number of nitrogen functional groups attached to an aromatic ring is 1. The van der Waals surface area contributed by atoms with Gasteiger partial charge in [0, 0.05) is 25.4 Å². The average Bonchev–Trinajstić information content (AvgIpc) is 2.60. The fraction of sp³-hybridized carbons (Fsp3) is 0.111. The van der Waals surface area contributed by atoms with Gasteiger partial charge in [-0.05, 0) is 0 Å². The smallest absolute Gasteiger partial charge is 0.170 e. The monoisotopic (exact) mass is 225 g/mol. The Morgan fingerprint density at radius 2 is 2.12 bits per heavy atom. The van der Waals surface area contributed by atoms with Crippen molar-refractivity contribution in [3.63, 3.8) is 0 Å². The molecule has 0 amide bonds. The van der Waals surface area contributed by atoms with E-state index in [1.165, 1.54) is 4.68 Å². The quantitative estimate of drug-likeness (QED) is 0.811. The topological polar surface area (TPSA) is 68.8 Å². The Balaban J connectivity index is 2.31. The molecule has 0 aliphatic carbocycles. The lowest BCUT2D eigenvalue weighted by molar-refractivity contribution is 0.580. The van der Waals surface area contributed by atoms with E-state index >= 15 is 0 Å². The van der Waals surface area contributed by atoms with Gasteiger partial charge >= 0.3 is 0 Å². The zero-order chi connectivity index (χ0) is 11.7. The minimum atomic E-state index is -0.885. The number of aryl methyl sites for hydroxylation is 1. The van der Waals surface area contributed by atoms with Crippen molar-refractivity contribution in [1.29, 1.82) is 0 Å². The Hall–Kier alpha value is -2.18. The van der Waals surface area contributed by atoms with Crippen LogP contribution in [0.1, 0.15) is 0 Å². The Morgan fingerprint density at radius 3 is 2.75 bits per heavy atom. The van der Waals surface area contributed by atoms with Crippen molar-refractivity contribution in [3.8, 4) is 0 Å². The minimum absolute atomic E-state index is 0.155. The lowest BCUT2D eigenvalue weighted by atomic mass is 10.4. The molecule has 2 aromatic rings. The molecule has 0 saturated heterocycles. The zero-order valence-electron chi connectivity index (χ0n) is 8.41. The second kappa shape index (κ2) is 3.76. The molecule has 3 N–H and O–H groups in total. The van der Waals surface area contributed by atoms with Crippen LogP contribution in [0.2, 0.25) is 0 Å². The number of aromatic nitrogens is 3. The maximum absolute atomic E-state index is 13.3. The first kappa shape index (κ1) is 10.3. The van der Waals surface area contributed by atoms with Crippen LogP contribution in [0.15, 0.2) is 18.3 Å². The third-order valence-corrected chi connectivity index (χ3v) is 1.92. The van der Waals surface area contributed by atoms with E-state index in [9.17, 15) is 8.78 Å². The molecule has 0 bridgehead atoms. The minimum Gasteiger partial charge on any atom is -0.381 e. The van der Waals surface area contributed by atoms with E-state index in [-0.39, 0.29) is 11.6 Å². The largest absolute Gasteiger partial charge is 0.381 e. The van der Waals surface area contributed by atoms with Gasteiger partial charge in [0.05, 0.1) is 0 Å². The molecule has 84 valence electrons. The second-order valence-electron chi connectivity index (χ2n) is 3.19. The summed E-state index contributed by atoms with van der Waals surface area (Å²) >= 11 is 0. The van der Waals surface area contributed by atoms with E-state index in [4.69, 9.17) is 5.73 Å². The van der Waals surface area contributed by atoms with Crippen LogP contribution in [0.4, 0.5) is 26.2 Å². The van der Waals surface area contributed by atoms with Crippen molar-refractivity contribution in [1.82, 2.24) is 14.8 Å². The Labute approximate surface area is 89.9 Å². The van der Waals surface area contributed by atoms with Gasteiger partial charge in [0.1, 0.15) is 0 Å². The molecule has 0 atom stereocenters. The first-order valence-corrected chi connectivity index (χ1v) is 4.44. The van der Waals surface area contributed by atoms with Gasteiger partial charge in [-0.3, -0.25) is 4.68 Å². The Bertz CT molecular complexity index is 523. The molecule has 0 aliphatic rings. The van der Waals surface area contributed by atoms with E-state index in [2.05, 4.69) is 15.4 Å². The summed E-state index contributed by atoms with van der Waals surface area (Å²) in [5, 5.41) is 6.56. The summed E-state index contributed by atoms with van der Waals surface area (Å²) in [4.78, 5) is 3.54. The van der Waals surface area contributed by atoms with Crippen molar-refractivity contribution < 1.29 is 8.78 Å². The van der Waals surface area contributed by atoms with Gasteiger partial charge in [-0.1, -0.05) is 0 Å². The van der Waals surface area contributed by atoms with Gasteiger partial charge < -0.3 is 11.1 Å². The standard InChI is InChI=1S/C9H9F2N5/c1-16-3-2-7(15-16)13-9-6(11)4-5(10)8(12)14-9/h2-4H,1H3,(H3,12,13,14,15). The van der Waals surface area contributed by atoms with Crippen LogP contribution in [0.3, 0.4) is 0 Å². The van der Waals surface area contributed by atoms with Crippen LogP contribution < -0.4 is 11.1 Å². The van der Waals surface area contributed by atoms with Crippen molar-refractivity contribution in [2.45, 2.75) is 0 Å². The number of nitrogens with zero attached hydrogens (tertiary/aromatic N) is 3. The molecule has 7 heteroatoms. The molecule has 0 aliphatic heterocycles. The van der Waals surface area contributed by atoms with Crippen molar-refractivity contribution >= 4 is 17.5 Å². The summed E-state index contributed by atoms with van der Waals surface area (Å²) in [5.41, 5.74) is 5.23. The first-order valence-electron chi connectivity index (χ1n) is 4.44. The molecule has 2 heterocycles. The maximum atomic E-state index is 13.3. The number of nitrogens with one attached hydrogen (secondary N) is 1. The summed E-state index contributed by atoms with van der Waals surface area (Å²) in [6.07, 6.45) is 1.67. The van der Waals surface area contributed by atoms with Crippen molar-refractivity contribution in [2.24, 2.45) is 7.05 Å². The molecule has 2 rings (SSSR count). The molecular formula is C9H9F2N5. The molecule has 5 nitrogen and oxygen atoms in total. The van der Waals surface area contributed by atoms with Crippen LogP contribution >= 0.6 is 0 Å². The molecule has 0 radical (unpaired) electrons. The summed E-state index contributed by atoms with van der Waals surface area (Å²) < 4.78 is 27.6. The highest BCUT2D eigenvalue weighted by Gasteiger charge is 2.10. The van der Waals surface area contributed by atoms with E-state index in [1.807, 2.05) is 0 Å². The summed E-state index contributed by atoms with van der Waals surface area (Å²) in [6.45, 7) is 0. The predicted octanol–water partition coefficient (Wildman–Crippen LogP) is 1.42. The van der Waals surface area contributed by atoms with E-state index in [1.54, 1.807) is 19.3 Å². The SMILES string of the molecule is Cn1ccc(Nc2nc(N)c(F)cc2F)n1. The second-order valence-corrected chi connectivity index (χ2v) is 3.19. The molecule has 0 spiro atoms. The maximum Gasteiger partial charge on any atom is 0.170 e. The number of rotatable bonds is 2. The number of anilines is 3. The zero-order valence-corrected chi connectivity index (χ0v) is 8.41. The highest BCUT2D eigenvalue weighted by atomic mass is 19.1.